The van der Waals surface area contributed by atoms with Gasteiger partial charge in [0.15, 0.2) is 5.76 Å². The number of hydrogen-bond donors (Lipinski definition) is 3. The second-order valence-electron chi connectivity index (χ2n) is 7.13. The maximum Gasteiger partial charge on any atom is 0.291 e. The number of aromatic nitrogens is 1. The first-order valence-electron chi connectivity index (χ1n) is 10.2. The molecule has 0 spiro atoms. The van der Waals surface area contributed by atoms with Gasteiger partial charge >= 0.3 is 0 Å². The van der Waals surface area contributed by atoms with E-state index in [0.29, 0.717) is 18.7 Å². The number of aromatic amines is 1. The van der Waals surface area contributed by atoms with Crippen molar-refractivity contribution < 1.29 is 18.7 Å². The van der Waals surface area contributed by atoms with Crippen molar-refractivity contribution in [1.29, 1.82) is 0 Å². The predicted molar refractivity (Wildman–Crippen MR) is 122 cm³/mol. The van der Waals surface area contributed by atoms with Crippen LogP contribution in [0.25, 0.3) is 17.0 Å². The number of nitrogens with one attached hydrogen (secondary N) is 3. The van der Waals surface area contributed by atoms with Gasteiger partial charge in [0.25, 0.3) is 11.8 Å². The molecule has 0 saturated heterocycles. The molecular formula is C25H23N3O4. The van der Waals surface area contributed by atoms with Gasteiger partial charge in [0.05, 0.1) is 13.4 Å². The van der Waals surface area contributed by atoms with Crippen LogP contribution in [0.3, 0.4) is 0 Å². The molecule has 0 saturated carbocycles. The standard InChI is InChI=1S/C25H23N3O4/c1-31-19-10-8-17(9-11-19)15-22(28-25(30)23-7-4-14-32-23)24(29)26-13-12-18-16-27-21-6-3-2-5-20(18)21/h2-11,14-16,27H,12-13H2,1H3,(H,26,29)(H,28,30)/b22-15+. The Morgan fingerprint density at radius 2 is 1.88 bits per heavy atom. The zero-order chi connectivity index (χ0) is 22.3. The molecule has 4 aromatic rings. The fourth-order valence-electron chi connectivity index (χ4n) is 3.36. The molecule has 4 rings (SSSR count). The summed E-state index contributed by atoms with van der Waals surface area (Å²) in [5.41, 5.74) is 3.03. The summed E-state index contributed by atoms with van der Waals surface area (Å²) in [6, 6.07) is 18.3. The smallest absolute Gasteiger partial charge is 0.291 e. The maximum absolute atomic E-state index is 12.9. The minimum atomic E-state index is -0.499. The number of hydrogen-bond acceptors (Lipinski definition) is 4. The molecule has 0 fully saturated rings. The van der Waals surface area contributed by atoms with E-state index < -0.39 is 5.91 Å². The minimum Gasteiger partial charge on any atom is -0.497 e. The quantitative estimate of drug-likeness (QED) is 0.370. The molecule has 2 amide bonds. The zero-order valence-electron chi connectivity index (χ0n) is 17.6. The lowest BCUT2D eigenvalue weighted by molar-refractivity contribution is -0.117. The zero-order valence-corrected chi connectivity index (χ0v) is 17.6. The van der Waals surface area contributed by atoms with Crippen LogP contribution in [-0.2, 0) is 11.2 Å². The average Bonchev–Trinajstić information content (AvgIpc) is 3.50. The Hall–Kier alpha value is -4.26. The van der Waals surface area contributed by atoms with Crippen LogP contribution in [0.1, 0.15) is 21.7 Å². The van der Waals surface area contributed by atoms with Crippen LogP contribution >= 0.6 is 0 Å². The first kappa shape index (κ1) is 21.0. The normalized spacial score (nSPS) is 11.3. The topological polar surface area (TPSA) is 96.4 Å². The van der Waals surface area contributed by atoms with Gasteiger partial charge in [-0.15, -0.1) is 0 Å². The molecule has 3 N–H and O–H groups in total. The van der Waals surface area contributed by atoms with Crippen molar-refractivity contribution >= 4 is 28.8 Å². The minimum absolute atomic E-state index is 0.121. The van der Waals surface area contributed by atoms with Crippen molar-refractivity contribution in [3.63, 3.8) is 0 Å². The monoisotopic (exact) mass is 429 g/mol. The summed E-state index contributed by atoms with van der Waals surface area (Å²) in [4.78, 5) is 28.6. The van der Waals surface area contributed by atoms with E-state index in [4.69, 9.17) is 9.15 Å². The van der Waals surface area contributed by atoms with Crippen molar-refractivity contribution in [2.75, 3.05) is 13.7 Å². The highest BCUT2D eigenvalue weighted by atomic mass is 16.5. The first-order chi connectivity index (χ1) is 15.6. The van der Waals surface area contributed by atoms with Crippen molar-refractivity contribution in [2.45, 2.75) is 6.42 Å². The van der Waals surface area contributed by atoms with Crippen LogP contribution in [0.2, 0.25) is 0 Å². The number of ether oxygens (including phenoxy) is 1. The van der Waals surface area contributed by atoms with Crippen molar-refractivity contribution in [3.05, 3.63) is 95.7 Å². The summed E-state index contributed by atoms with van der Waals surface area (Å²) < 4.78 is 10.3. The Kier molecular flexibility index (Phi) is 6.36. The van der Waals surface area contributed by atoms with Gasteiger partial charge in [-0.05, 0) is 54.0 Å². The van der Waals surface area contributed by atoms with E-state index in [0.717, 1.165) is 22.0 Å². The summed E-state index contributed by atoms with van der Waals surface area (Å²) in [6.45, 7) is 0.414. The average molecular weight is 429 g/mol. The lowest BCUT2D eigenvalue weighted by atomic mass is 10.1. The Balaban J connectivity index is 1.48. The van der Waals surface area contributed by atoms with E-state index in [2.05, 4.69) is 15.6 Å². The third kappa shape index (κ3) is 4.89. The molecule has 2 aromatic heterocycles. The Bertz CT molecular complexity index is 1240. The second kappa shape index (κ2) is 9.70. The van der Waals surface area contributed by atoms with Gasteiger partial charge in [0, 0.05) is 23.6 Å². The molecule has 0 aliphatic heterocycles. The highest BCUT2D eigenvalue weighted by Gasteiger charge is 2.16. The lowest BCUT2D eigenvalue weighted by Gasteiger charge is -2.10. The van der Waals surface area contributed by atoms with E-state index in [1.165, 1.54) is 12.3 Å². The summed E-state index contributed by atoms with van der Waals surface area (Å²) in [6.07, 6.45) is 5.62. The van der Waals surface area contributed by atoms with Crippen LogP contribution in [-0.4, -0.2) is 30.5 Å². The summed E-state index contributed by atoms with van der Waals surface area (Å²) >= 11 is 0. The molecule has 0 aliphatic rings. The molecule has 0 atom stereocenters. The number of benzene rings is 2. The van der Waals surface area contributed by atoms with Gasteiger partial charge < -0.3 is 24.8 Å². The fraction of sp³-hybridized carbons (Fsp3) is 0.120. The summed E-state index contributed by atoms with van der Waals surface area (Å²) in [5, 5.41) is 6.66. The summed E-state index contributed by atoms with van der Waals surface area (Å²) in [5.74, 6) is -0.0640. The molecular weight excluding hydrogens is 406 g/mol. The van der Waals surface area contributed by atoms with Gasteiger partial charge in [-0.3, -0.25) is 9.59 Å². The Labute approximate surface area is 185 Å². The van der Waals surface area contributed by atoms with Crippen molar-refractivity contribution in [2.24, 2.45) is 0 Å². The van der Waals surface area contributed by atoms with Crippen molar-refractivity contribution in [3.8, 4) is 5.75 Å². The highest BCUT2D eigenvalue weighted by Crippen LogP contribution is 2.18. The Morgan fingerprint density at radius 3 is 2.62 bits per heavy atom. The number of carbonyl (C=O) groups excluding carboxylic acids is 2. The number of furan rings is 1. The second-order valence-corrected chi connectivity index (χ2v) is 7.13. The molecule has 0 radical (unpaired) electrons. The van der Waals surface area contributed by atoms with E-state index in [1.807, 2.05) is 30.5 Å². The summed E-state index contributed by atoms with van der Waals surface area (Å²) in [7, 11) is 1.58. The van der Waals surface area contributed by atoms with Crippen LogP contribution in [0.5, 0.6) is 5.75 Å². The Morgan fingerprint density at radius 1 is 1.06 bits per heavy atom. The SMILES string of the molecule is COc1ccc(/C=C(/NC(=O)c2ccco2)C(=O)NCCc2c[nH]c3ccccc23)cc1. The molecule has 2 aromatic carbocycles. The van der Waals surface area contributed by atoms with E-state index >= 15 is 0 Å². The fourth-order valence-corrected chi connectivity index (χ4v) is 3.36. The molecule has 7 heteroatoms. The van der Waals surface area contributed by atoms with Gasteiger partial charge in [0.1, 0.15) is 11.4 Å². The van der Waals surface area contributed by atoms with Gasteiger partial charge in [-0.2, -0.15) is 0 Å². The molecule has 2 heterocycles. The third-order valence-corrected chi connectivity index (χ3v) is 5.02. The molecule has 7 nitrogen and oxygen atoms in total. The van der Waals surface area contributed by atoms with Crippen LogP contribution in [0.15, 0.2) is 83.2 Å². The van der Waals surface area contributed by atoms with E-state index in [1.54, 1.807) is 43.5 Å². The lowest BCUT2D eigenvalue weighted by Crippen LogP contribution is -2.35. The molecule has 162 valence electrons. The largest absolute Gasteiger partial charge is 0.497 e. The van der Waals surface area contributed by atoms with Crippen molar-refractivity contribution in [1.82, 2.24) is 15.6 Å². The number of fused-ring (bicyclic) bond motifs is 1. The first-order valence-corrected chi connectivity index (χ1v) is 10.2. The number of methoxy groups -OCH3 is 1. The van der Waals surface area contributed by atoms with Gasteiger partial charge in [-0.1, -0.05) is 30.3 Å². The van der Waals surface area contributed by atoms with Crippen LogP contribution in [0, 0.1) is 0 Å². The highest BCUT2D eigenvalue weighted by molar-refractivity contribution is 6.04. The third-order valence-electron chi connectivity index (χ3n) is 5.02. The number of amides is 2. The van der Waals surface area contributed by atoms with Crippen LogP contribution in [0.4, 0.5) is 0 Å². The number of carbonyl (C=O) groups is 2. The molecule has 0 bridgehead atoms. The predicted octanol–water partition coefficient (Wildman–Crippen LogP) is 3.90. The van der Waals surface area contributed by atoms with E-state index in [-0.39, 0.29) is 17.4 Å². The molecule has 0 unspecified atom stereocenters. The van der Waals surface area contributed by atoms with Gasteiger partial charge in [-0.25, -0.2) is 0 Å². The number of para-hydroxylation sites is 1. The number of rotatable bonds is 8. The van der Waals surface area contributed by atoms with Crippen LogP contribution < -0.4 is 15.4 Å². The number of H-pyrrole nitrogens is 1. The molecule has 32 heavy (non-hydrogen) atoms. The van der Waals surface area contributed by atoms with E-state index in [9.17, 15) is 9.59 Å². The van der Waals surface area contributed by atoms with Gasteiger partial charge in [0.2, 0.25) is 0 Å². The maximum atomic E-state index is 12.9. The molecule has 0 aliphatic carbocycles.